The highest BCUT2D eigenvalue weighted by Crippen LogP contribution is 2.30. The van der Waals surface area contributed by atoms with Crippen molar-refractivity contribution >= 4 is 23.6 Å². The van der Waals surface area contributed by atoms with Crippen molar-refractivity contribution in [3.8, 4) is 0 Å². The van der Waals surface area contributed by atoms with Crippen LogP contribution in [0, 0.1) is 33.6 Å². The van der Waals surface area contributed by atoms with Crippen molar-refractivity contribution in [1.29, 1.82) is 0 Å². The van der Waals surface area contributed by atoms with Gasteiger partial charge in [0, 0.05) is 12.2 Å². The molecule has 0 spiro atoms. The van der Waals surface area contributed by atoms with Gasteiger partial charge < -0.3 is 20.3 Å². The quantitative estimate of drug-likeness (QED) is 0.260. The molecule has 7 heteroatoms. The van der Waals surface area contributed by atoms with Gasteiger partial charge in [-0.25, -0.2) is 4.79 Å². The Morgan fingerprint density at radius 1 is 0.927 bits per heavy atom. The van der Waals surface area contributed by atoms with Crippen LogP contribution >= 0.6 is 0 Å². The van der Waals surface area contributed by atoms with E-state index in [1.165, 1.54) is 0 Å². The summed E-state index contributed by atoms with van der Waals surface area (Å²) in [5.41, 5.74) is 4.72. The Balaban J connectivity index is 2.63. The lowest BCUT2D eigenvalue weighted by Gasteiger charge is -2.36. The molecule has 41 heavy (non-hydrogen) atoms. The molecule has 2 aromatic carbocycles. The van der Waals surface area contributed by atoms with Gasteiger partial charge in [0.1, 0.15) is 17.7 Å². The van der Waals surface area contributed by atoms with Gasteiger partial charge in [-0.1, -0.05) is 75.6 Å². The van der Waals surface area contributed by atoms with E-state index in [1.807, 2.05) is 77.9 Å². The van der Waals surface area contributed by atoms with Gasteiger partial charge in [0.05, 0.1) is 0 Å². The van der Waals surface area contributed by atoms with Crippen molar-refractivity contribution in [2.24, 2.45) is 5.92 Å². The molecule has 0 fully saturated rings. The Labute approximate surface area is 247 Å². The predicted octanol–water partition coefficient (Wildman–Crippen LogP) is 7.56. The Morgan fingerprint density at radius 2 is 1.56 bits per heavy atom. The summed E-state index contributed by atoms with van der Waals surface area (Å²) in [6, 6.07) is 10.1. The maximum absolute atomic E-state index is 14.4. The number of rotatable bonds is 12. The summed E-state index contributed by atoms with van der Waals surface area (Å²) in [7, 11) is 0. The molecular weight excluding hydrogens is 514 g/mol. The van der Waals surface area contributed by atoms with E-state index in [9.17, 15) is 14.4 Å². The first-order valence-corrected chi connectivity index (χ1v) is 14.9. The summed E-state index contributed by atoms with van der Waals surface area (Å²) in [5, 5.41) is 5.98. The molecule has 2 aromatic rings. The van der Waals surface area contributed by atoms with E-state index >= 15 is 0 Å². The van der Waals surface area contributed by atoms with Crippen molar-refractivity contribution < 1.29 is 19.1 Å². The molecule has 2 unspecified atom stereocenters. The van der Waals surface area contributed by atoms with Crippen molar-refractivity contribution in [3.63, 3.8) is 0 Å². The third kappa shape index (κ3) is 10.2. The average Bonchev–Trinajstić information content (AvgIpc) is 2.84. The number of ether oxygens (including phenoxy) is 1. The van der Waals surface area contributed by atoms with Crippen LogP contribution in [0.5, 0.6) is 0 Å². The molecule has 0 bridgehead atoms. The summed E-state index contributed by atoms with van der Waals surface area (Å²) >= 11 is 0. The van der Waals surface area contributed by atoms with Crippen LogP contribution in [-0.4, -0.2) is 41.0 Å². The number of hydrogen-bond donors (Lipinski definition) is 2. The molecule has 0 aliphatic heterocycles. The van der Waals surface area contributed by atoms with Crippen LogP contribution in [0.25, 0.3) is 0 Å². The van der Waals surface area contributed by atoms with Gasteiger partial charge in [0.2, 0.25) is 5.91 Å². The molecule has 0 aromatic heterocycles. The van der Waals surface area contributed by atoms with Crippen LogP contribution < -0.4 is 10.6 Å². The summed E-state index contributed by atoms with van der Waals surface area (Å²) in [6.45, 7) is 19.8. The first-order valence-electron chi connectivity index (χ1n) is 14.9. The summed E-state index contributed by atoms with van der Waals surface area (Å²) in [6.07, 6.45) is 2.39. The molecule has 2 N–H and O–H groups in total. The van der Waals surface area contributed by atoms with Crippen LogP contribution in [0.2, 0.25) is 0 Å². The number of carbonyl (C=O) groups excluding carboxylic acids is 3. The molecule has 226 valence electrons. The Morgan fingerprint density at radius 3 is 2.10 bits per heavy atom. The second kappa shape index (κ2) is 15.0. The first kappa shape index (κ1) is 33.9. The van der Waals surface area contributed by atoms with Crippen molar-refractivity contribution in [2.45, 2.75) is 113 Å². The SMILES string of the molecule is CCCCCN(C(=O)C(CC(C)C)NC(=O)OC(C)(C)C)C(C(=O)Nc1c(C)cccc1C)c1ccc(C)cc1C. The largest absolute Gasteiger partial charge is 0.444 e. The number of unbranched alkanes of at least 4 members (excludes halogenated alkanes) is 2. The summed E-state index contributed by atoms with van der Waals surface area (Å²) in [5.74, 6) is -0.443. The molecular formula is C34H51N3O4. The fraction of sp³-hybridized carbons (Fsp3) is 0.559. The number of para-hydroxylation sites is 1. The molecule has 0 aliphatic rings. The third-order valence-electron chi connectivity index (χ3n) is 6.99. The number of alkyl carbamates (subject to hydrolysis) is 1. The van der Waals surface area contributed by atoms with E-state index in [0.29, 0.717) is 13.0 Å². The lowest BCUT2D eigenvalue weighted by atomic mass is 9.94. The van der Waals surface area contributed by atoms with Gasteiger partial charge in [-0.2, -0.15) is 0 Å². The second-order valence-electron chi connectivity index (χ2n) is 12.6. The normalized spacial score (nSPS) is 13.0. The minimum Gasteiger partial charge on any atom is -0.444 e. The highest BCUT2D eigenvalue weighted by Gasteiger charge is 2.37. The maximum Gasteiger partial charge on any atom is 0.408 e. The first-order chi connectivity index (χ1) is 19.1. The standard InChI is InChI=1S/C34H51N3O4/c1-11-12-13-19-37(32(39)28(20-22(2)3)35-33(40)41-34(8,9)10)30(27-18-17-23(4)21-26(27)7)31(38)36-29-24(5)15-14-16-25(29)6/h14-18,21-22,28,30H,11-13,19-20H2,1-10H3,(H,35,40)(H,36,38). The molecule has 0 aliphatic carbocycles. The number of nitrogens with zero attached hydrogens (tertiary/aromatic N) is 1. The zero-order valence-corrected chi connectivity index (χ0v) is 26.8. The van der Waals surface area contributed by atoms with Crippen LogP contribution in [0.4, 0.5) is 10.5 Å². The number of carbonyl (C=O) groups is 3. The highest BCUT2D eigenvalue weighted by molar-refractivity contribution is 6.00. The van der Waals surface area contributed by atoms with Gasteiger partial charge in [-0.3, -0.25) is 9.59 Å². The molecule has 0 saturated carbocycles. The zero-order valence-electron chi connectivity index (χ0n) is 26.8. The maximum atomic E-state index is 14.4. The Hall–Kier alpha value is -3.35. The van der Waals surface area contributed by atoms with Gasteiger partial charge in [0.15, 0.2) is 0 Å². The van der Waals surface area contributed by atoms with Crippen LogP contribution in [0.3, 0.4) is 0 Å². The van der Waals surface area contributed by atoms with Crippen LogP contribution in [0.1, 0.15) is 101 Å². The van der Waals surface area contributed by atoms with E-state index in [4.69, 9.17) is 4.74 Å². The number of amides is 3. The molecule has 2 atom stereocenters. The molecule has 0 saturated heterocycles. The van der Waals surface area contributed by atoms with Gasteiger partial charge >= 0.3 is 6.09 Å². The number of hydrogen-bond acceptors (Lipinski definition) is 4. The Kier molecular flexibility index (Phi) is 12.4. The summed E-state index contributed by atoms with van der Waals surface area (Å²) in [4.78, 5) is 43.2. The van der Waals surface area contributed by atoms with Crippen LogP contribution in [0.15, 0.2) is 36.4 Å². The minimum absolute atomic E-state index is 0.124. The second-order valence-corrected chi connectivity index (χ2v) is 12.6. The van der Waals surface area contributed by atoms with Crippen LogP contribution in [-0.2, 0) is 14.3 Å². The summed E-state index contributed by atoms with van der Waals surface area (Å²) < 4.78 is 5.51. The smallest absolute Gasteiger partial charge is 0.408 e. The highest BCUT2D eigenvalue weighted by atomic mass is 16.6. The lowest BCUT2D eigenvalue weighted by molar-refractivity contribution is -0.141. The molecule has 0 radical (unpaired) electrons. The van der Waals surface area contributed by atoms with Crippen molar-refractivity contribution in [2.75, 3.05) is 11.9 Å². The molecule has 7 nitrogen and oxygen atoms in total. The fourth-order valence-electron chi connectivity index (χ4n) is 5.03. The monoisotopic (exact) mass is 565 g/mol. The third-order valence-corrected chi connectivity index (χ3v) is 6.99. The molecule has 0 heterocycles. The van der Waals surface area contributed by atoms with E-state index in [1.54, 1.807) is 25.7 Å². The number of nitrogens with one attached hydrogen (secondary N) is 2. The number of aryl methyl sites for hydroxylation is 4. The fourth-order valence-corrected chi connectivity index (χ4v) is 5.03. The minimum atomic E-state index is -0.880. The predicted molar refractivity (Wildman–Crippen MR) is 167 cm³/mol. The van der Waals surface area contributed by atoms with Gasteiger partial charge in [-0.15, -0.1) is 0 Å². The van der Waals surface area contributed by atoms with E-state index in [2.05, 4.69) is 17.6 Å². The number of anilines is 1. The number of benzene rings is 2. The van der Waals surface area contributed by atoms with E-state index in [-0.39, 0.29) is 17.7 Å². The van der Waals surface area contributed by atoms with E-state index < -0.39 is 23.8 Å². The van der Waals surface area contributed by atoms with Gasteiger partial charge in [-0.05, 0) is 89.5 Å². The molecule has 2 rings (SSSR count). The van der Waals surface area contributed by atoms with Crippen molar-refractivity contribution in [3.05, 3.63) is 64.2 Å². The van der Waals surface area contributed by atoms with Crippen molar-refractivity contribution in [1.82, 2.24) is 10.2 Å². The topological polar surface area (TPSA) is 87.7 Å². The van der Waals surface area contributed by atoms with Gasteiger partial charge in [0.25, 0.3) is 5.91 Å². The van der Waals surface area contributed by atoms with E-state index in [0.717, 1.165) is 52.8 Å². The lowest BCUT2D eigenvalue weighted by Crippen LogP contribution is -2.53. The Bertz CT molecular complexity index is 1180. The average molecular weight is 566 g/mol. The zero-order chi connectivity index (χ0) is 30.9. The molecule has 3 amide bonds.